The molecule has 12 nitrogen and oxygen atoms in total. The van der Waals surface area contributed by atoms with E-state index in [1.165, 1.54) is 24.5 Å². The average Bonchev–Trinajstić information content (AvgIpc) is 3.29. The molecule has 0 saturated carbocycles. The molecule has 1 fully saturated rings. The number of phosphoric ester groups is 1. The summed E-state index contributed by atoms with van der Waals surface area (Å²) in [6, 6.07) is 12.0. The molecule has 1 aliphatic rings. The van der Waals surface area contributed by atoms with Crippen molar-refractivity contribution in [1.82, 2.24) is 9.55 Å². The second-order valence-electron chi connectivity index (χ2n) is 9.29. The van der Waals surface area contributed by atoms with Gasteiger partial charge in [-0.2, -0.15) is 0 Å². The number of aliphatic hydroxyl groups excluding tert-OH is 1. The highest BCUT2D eigenvalue weighted by Gasteiger charge is 2.52. The van der Waals surface area contributed by atoms with Crippen LogP contribution in [0.15, 0.2) is 61.1 Å². The van der Waals surface area contributed by atoms with Crippen LogP contribution < -0.4 is 0 Å². The third kappa shape index (κ3) is 6.65. The molecule has 13 heteroatoms. The van der Waals surface area contributed by atoms with Crippen LogP contribution in [0.5, 0.6) is 0 Å². The molecule has 38 heavy (non-hydrogen) atoms. The van der Waals surface area contributed by atoms with Crippen molar-refractivity contribution in [3.05, 3.63) is 66.6 Å². The molecule has 0 bridgehead atoms. The Bertz CT molecular complexity index is 1310. The van der Waals surface area contributed by atoms with Crippen molar-refractivity contribution in [3.8, 4) is 0 Å². The smallest absolute Gasteiger partial charge is 0.463 e. The van der Waals surface area contributed by atoms with Crippen LogP contribution in [0.3, 0.4) is 0 Å². The van der Waals surface area contributed by atoms with E-state index < -0.39 is 57.0 Å². The Hall–Kier alpha value is -3.12. The zero-order valence-electron chi connectivity index (χ0n) is 20.7. The van der Waals surface area contributed by atoms with Gasteiger partial charge in [0, 0.05) is 25.0 Å². The van der Waals surface area contributed by atoms with Crippen LogP contribution in [0, 0.1) is 5.92 Å². The molecule has 0 unspecified atom stereocenters. The van der Waals surface area contributed by atoms with Crippen molar-refractivity contribution >= 4 is 30.7 Å². The molecule has 5 atom stereocenters. The SMILES string of the molecule is CC(C)CC(=O)OC[C@H]1O[C@@H](n2ccc3ccccc32)[C@H](OC(=O)c2cccnc2)[C@@H](OP(=O)(O)O)[C@@H]1O. The van der Waals surface area contributed by atoms with Crippen molar-refractivity contribution in [1.29, 1.82) is 0 Å². The van der Waals surface area contributed by atoms with E-state index in [1.54, 1.807) is 29.0 Å². The van der Waals surface area contributed by atoms with E-state index in [-0.39, 0.29) is 17.9 Å². The van der Waals surface area contributed by atoms with Crippen LogP contribution in [-0.4, -0.2) is 67.4 Å². The lowest BCUT2D eigenvalue weighted by molar-refractivity contribution is -0.248. The highest BCUT2D eigenvalue weighted by atomic mass is 31.2. The third-order valence-corrected chi connectivity index (χ3v) is 6.44. The first-order valence-corrected chi connectivity index (χ1v) is 13.5. The number of hydrogen-bond donors (Lipinski definition) is 3. The minimum atomic E-state index is -5.20. The first-order chi connectivity index (χ1) is 18.0. The molecule has 3 N–H and O–H groups in total. The second-order valence-corrected chi connectivity index (χ2v) is 10.5. The maximum absolute atomic E-state index is 13.0. The summed E-state index contributed by atoms with van der Waals surface area (Å²) in [6.45, 7) is 3.25. The van der Waals surface area contributed by atoms with E-state index in [0.29, 0.717) is 5.52 Å². The number of hydrogen-bond acceptors (Lipinski definition) is 9. The zero-order valence-corrected chi connectivity index (χ0v) is 21.6. The van der Waals surface area contributed by atoms with Gasteiger partial charge in [-0.05, 0) is 35.6 Å². The van der Waals surface area contributed by atoms with Gasteiger partial charge in [-0.25, -0.2) is 9.36 Å². The molecule has 1 aromatic carbocycles. The number of ether oxygens (including phenoxy) is 3. The summed E-state index contributed by atoms with van der Waals surface area (Å²) < 4.78 is 35.5. The molecule has 204 valence electrons. The fourth-order valence-corrected chi connectivity index (χ4v) is 4.80. The Labute approximate surface area is 218 Å². The normalized spacial score (nSPS) is 23.9. The number of aromatic nitrogens is 2. The summed E-state index contributed by atoms with van der Waals surface area (Å²) >= 11 is 0. The highest BCUT2D eigenvalue weighted by molar-refractivity contribution is 7.46. The maximum atomic E-state index is 13.0. The molecule has 3 aromatic rings. The Morgan fingerprint density at radius 1 is 1.13 bits per heavy atom. The predicted molar refractivity (Wildman–Crippen MR) is 133 cm³/mol. The highest BCUT2D eigenvalue weighted by Crippen LogP contribution is 2.44. The lowest BCUT2D eigenvalue weighted by atomic mass is 9.97. The monoisotopic (exact) mass is 548 g/mol. The number of aliphatic hydroxyl groups is 1. The summed E-state index contributed by atoms with van der Waals surface area (Å²) in [5, 5.41) is 11.9. The van der Waals surface area contributed by atoms with Crippen molar-refractivity contribution in [2.45, 2.75) is 50.9 Å². The van der Waals surface area contributed by atoms with Crippen LogP contribution in [0.4, 0.5) is 0 Å². The van der Waals surface area contributed by atoms with Crippen molar-refractivity contribution in [2.75, 3.05) is 6.61 Å². The van der Waals surface area contributed by atoms with Gasteiger partial charge in [0.05, 0.1) is 11.1 Å². The van der Waals surface area contributed by atoms with Gasteiger partial charge in [0.1, 0.15) is 24.9 Å². The van der Waals surface area contributed by atoms with Gasteiger partial charge in [-0.15, -0.1) is 0 Å². The summed E-state index contributed by atoms with van der Waals surface area (Å²) in [5.41, 5.74) is 0.722. The van der Waals surface area contributed by atoms with Crippen LogP contribution >= 0.6 is 7.82 Å². The first kappa shape index (κ1) is 27.9. The molecule has 1 aliphatic heterocycles. The van der Waals surface area contributed by atoms with Gasteiger partial charge in [-0.3, -0.25) is 14.3 Å². The van der Waals surface area contributed by atoms with E-state index in [1.807, 2.05) is 26.0 Å². The number of nitrogens with zero attached hydrogens (tertiary/aromatic N) is 2. The molecule has 3 heterocycles. The molecule has 1 saturated heterocycles. The van der Waals surface area contributed by atoms with E-state index in [2.05, 4.69) is 4.98 Å². The predicted octanol–water partition coefficient (Wildman–Crippen LogP) is 2.59. The average molecular weight is 548 g/mol. The van der Waals surface area contributed by atoms with E-state index in [4.69, 9.17) is 18.7 Å². The number of phosphoric acid groups is 1. The van der Waals surface area contributed by atoms with Gasteiger partial charge < -0.3 is 33.7 Å². The van der Waals surface area contributed by atoms with Gasteiger partial charge in [0.25, 0.3) is 0 Å². The number of para-hydroxylation sites is 1. The minimum Gasteiger partial charge on any atom is -0.463 e. The number of rotatable bonds is 9. The molecule has 0 radical (unpaired) electrons. The summed E-state index contributed by atoms with van der Waals surface area (Å²) in [4.78, 5) is 48.3. The molecule has 0 amide bonds. The van der Waals surface area contributed by atoms with Crippen LogP contribution in [0.2, 0.25) is 0 Å². The topological polar surface area (TPSA) is 167 Å². The van der Waals surface area contributed by atoms with Crippen LogP contribution in [-0.2, 0) is 28.1 Å². The molecule has 2 aromatic heterocycles. The summed E-state index contributed by atoms with van der Waals surface area (Å²) in [5.74, 6) is -1.38. The van der Waals surface area contributed by atoms with E-state index in [9.17, 15) is 29.0 Å². The Balaban J connectivity index is 1.72. The van der Waals surface area contributed by atoms with E-state index in [0.717, 1.165) is 5.39 Å². The number of carbonyl (C=O) groups excluding carboxylic acids is 2. The minimum absolute atomic E-state index is 0.0284. The quantitative estimate of drug-likeness (QED) is 0.266. The van der Waals surface area contributed by atoms with Gasteiger partial charge in [0.2, 0.25) is 0 Å². The van der Waals surface area contributed by atoms with E-state index >= 15 is 0 Å². The van der Waals surface area contributed by atoms with Crippen LogP contribution in [0.25, 0.3) is 10.9 Å². The maximum Gasteiger partial charge on any atom is 0.470 e. The molecular weight excluding hydrogens is 519 g/mol. The standard InChI is InChI=1S/C25H29N2O10P/c1-15(2)12-20(28)34-14-19-21(29)22(37-38(31,32)33)23(36-25(30)17-7-5-10-26-13-17)24(35-19)27-11-9-16-6-3-4-8-18(16)27/h3-11,13,15,19,21-24,29H,12,14H2,1-2H3,(H2,31,32,33)/t19-,21-,22+,23-,24-/m1/s1. The number of benzene rings is 1. The van der Waals surface area contributed by atoms with Crippen molar-refractivity contribution < 1.29 is 47.8 Å². The molecule has 4 rings (SSSR count). The third-order valence-electron chi connectivity index (χ3n) is 5.92. The fourth-order valence-electron chi connectivity index (χ4n) is 4.24. The zero-order chi connectivity index (χ0) is 27.4. The second kappa shape index (κ2) is 11.7. The van der Waals surface area contributed by atoms with Gasteiger partial charge in [0.15, 0.2) is 12.3 Å². The lowest BCUT2D eigenvalue weighted by Crippen LogP contribution is -2.58. The van der Waals surface area contributed by atoms with Gasteiger partial charge in [-0.1, -0.05) is 32.0 Å². The van der Waals surface area contributed by atoms with Crippen molar-refractivity contribution in [2.24, 2.45) is 5.92 Å². The summed E-state index contributed by atoms with van der Waals surface area (Å²) in [6.07, 6.45) is -2.99. The lowest BCUT2D eigenvalue weighted by Gasteiger charge is -2.44. The Morgan fingerprint density at radius 3 is 2.58 bits per heavy atom. The molecule has 0 aliphatic carbocycles. The Morgan fingerprint density at radius 2 is 1.89 bits per heavy atom. The summed E-state index contributed by atoms with van der Waals surface area (Å²) in [7, 11) is -5.20. The number of pyridine rings is 1. The van der Waals surface area contributed by atoms with Crippen molar-refractivity contribution in [3.63, 3.8) is 0 Å². The largest absolute Gasteiger partial charge is 0.470 e. The van der Waals surface area contributed by atoms with Crippen LogP contribution in [0.1, 0.15) is 36.9 Å². The Kier molecular flexibility index (Phi) is 8.61. The number of fused-ring (bicyclic) bond motifs is 1. The number of carbonyl (C=O) groups is 2. The van der Waals surface area contributed by atoms with Gasteiger partial charge >= 0.3 is 19.8 Å². The first-order valence-electron chi connectivity index (χ1n) is 11.9. The molecular formula is C25H29N2O10P. The number of esters is 2. The fraction of sp³-hybridized carbons (Fsp3) is 0.400. The molecule has 0 spiro atoms.